The second-order valence-corrected chi connectivity index (χ2v) is 4.55. The number of nitrogens with one attached hydrogen (secondary N) is 1. The van der Waals surface area contributed by atoms with E-state index in [2.05, 4.69) is 10.3 Å². The minimum Gasteiger partial charge on any atom is -0.368 e. The number of carbonyl (C=O) groups excluding carboxylic acids is 1. The highest BCUT2D eigenvalue weighted by atomic mass is 16.6. The summed E-state index contributed by atoms with van der Waals surface area (Å²) in [6.07, 6.45) is 2.23. The van der Waals surface area contributed by atoms with Gasteiger partial charge in [0, 0.05) is 12.3 Å². The van der Waals surface area contributed by atoms with E-state index in [0.29, 0.717) is 5.56 Å². The number of nitrogens with two attached hydrogens (primary N) is 1. The SMILES string of the molecule is CCC(C)C(Nc1ncc(C)cc1[N+](=O)[O-])C(N)=O. The number of aryl methyl sites for hydroxylation is 1. The van der Waals surface area contributed by atoms with Crippen molar-refractivity contribution in [2.75, 3.05) is 5.32 Å². The minimum absolute atomic E-state index is 0.0415. The number of pyridine rings is 1. The van der Waals surface area contributed by atoms with Crippen LogP contribution >= 0.6 is 0 Å². The van der Waals surface area contributed by atoms with Crippen molar-refractivity contribution in [1.82, 2.24) is 4.98 Å². The molecule has 0 saturated carbocycles. The number of rotatable bonds is 6. The molecule has 1 aromatic rings. The zero-order valence-electron chi connectivity index (χ0n) is 11.2. The number of carbonyl (C=O) groups is 1. The molecule has 2 unspecified atom stereocenters. The molecule has 2 atom stereocenters. The Balaban J connectivity index is 3.09. The Morgan fingerprint density at radius 2 is 2.26 bits per heavy atom. The van der Waals surface area contributed by atoms with Crippen LogP contribution in [0.2, 0.25) is 0 Å². The summed E-state index contributed by atoms with van der Waals surface area (Å²) in [6, 6.07) is 0.725. The Bertz CT molecular complexity index is 490. The number of hydrogen-bond acceptors (Lipinski definition) is 5. The maximum atomic E-state index is 11.4. The summed E-state index contributed by atoms with van der Waals surface area (Å²) < 4.78 is 0. The lowest BCUT2D eigenvalue weighted by atomic mass is 9.98. The van der Waals surface area contributed by atoms with Crippen LogP contribution in [0.4, 0.5) is 11.5 Å². The van der Waals surface area contributed by atoms with Gasteiger partial charge in [-0.15, -0.1) is 0 Å². The number of hydrogen-bond donors (Lipinski definition) is 2. The number of nitro groups is 1. The summed E-state index contributed by atoms with van der Waals surface area (Å²) in [5, 5.41) is 13.8. The van der Waals surface area contributed by atoms with Gasteiger partial charge in [-0.25, -0.2) is 4.98 Å². The lowest BCUT2D eigenvalue weighted by molar-refractivity contribution is -0.384. The molecule has 0 aliphatic rings. The average molecular weight is 266 g/mol. The van der Waals surface area contributed by atoms with E-state index in [4.69, 9.17) is 5.73 Å². The monoisotopic (exact) mass is 266 g/mol. The third kappa shape index (κ3) is 3.64. The van der Waals surface area contributed by atoms with Gasteiger partial charge in [-0.2, -0.15) is 0 Å². The van der Waals surface area contributed by atoms with E-state index in [-0.39, 0.29) is 17.4 Å². The zero-order chi connectivity index (χ0) is 14.6. The van der Waals surface area contributed by atoms with Crippen molar-refractivity contribution in [3.8, 4) is 0 Å². The second-order valence-electron chi connectivity index (χ2n) is 4.55. The molecule has 0 aliphatic heterocycles. The van der Waals surface area contributed by atoms with Crippen molar-refractivity contribution in [3.05, 3.63) is 27.9 Å². The molecule has 0 fully saturated rings. The molecule has 0 radical (unpaired) electrons. The molecular weight excluding hydrogens is 248 g/mol. The number of anilines is 1. The Labute approximate surface area is 111 Å². The number of amides is 1. The molecule has 0 spiro atoms. The van der Waals surface area contributed by atoms with E-state index in [1.807, 2.05) is 13.8 Å². The number of primary amides is 1. The lowest BCUT2D eigenvalue weighted by Gasteiger charge is -2.21. The van der Waals surface area contributed by atoms with E-state index in [1.165, 1.54) is 12.3 Å². The van der Waals surface area contributed by atoms with E-state index >= 15 is 0 Å². The predicted molar refractivity (Wildman–Crippen MR) is 71.7 cm³/mol. The quantitative estimate of drug-likeness (QED) is 0.600. The van der Waals surface area contributed by atoms with Crippen LogP contribution in [-0.4, -0.2) is 21.9 Å². The van der Waals surface area contributed by atoms with Crippen molar-refractivity contribution in [2.45, 2.75) is 33.2 Å². The summed E-state index contributed by atoms with van der Waals surface area (Å²) in [7, 11) is 0. The normalized spacial score (nSPS) is 13.6. The fourth-order valence-electron chi connectivity index (χ4n) is 1.68. The summed E-state index contributed by atoms with van der Waals surface area (Å²) in [6.45, 7) is 5.48. The molecule has 0 aliphatic carbocycles. The average Bonchev–Trinajstić information content (AvgIpc) is 2.35. The van der Waals surface area contributed by atoms with Crippen molar-refractivity contribution in [3.63, 3.8) is 0 Å². The van der Waals surface area contributed by atoms with Crippen LogP contribution in [0, 0.1) is 23.0 Å². The molecule has 7 nitrogen and oxygen atoms in total. The first-order valence-corrected chi connectivity index (χ1v) is 6.03. The van der Waals surface area contributed by atoms with Crippen LogP contribution in [0.3, 0.4) is 0 Å². The highest BCUT2D eigenvalue weighted by molar-refractivity contribution is 5.83. The fraction of sp³-hybridized carbons (Fsp3) is 0.500. The third-order valence-corrected chi connectivity index (χ3v) is 3.01. The van der Waals surface area contributed by atoms with Crippen LogP contribution in [-0.2, 0) is 4.79 Å². The van der Waals surface area contributed by atoms with Gasteiger partial charge in [0.2, 0.25) is 11.7 Å². The summed E-state index contributed by atoms with van der Waals surface area (Å²) in [5.74, 6) is -0.522. The highest BCUT2D eigenvalue weighted by Gasteiger charge is 2.25. The minimum atomic E-state index is -0.682. The maximum absolute atomic E-state index is 11.4. The molecule has 1 amide bonds. The van der Waals surface area contributed by atoms with Gasteiger partial charge in [0.15, 0.2) is 0 Å². The van der Waals surface area contributed by atoms with Gasteiger partial charge in [-0.3, -0.25) is 14.9 Å². The van der Waals surface area contributed by atoms with Gasteiger partial charge in [0.1, 0.15) is 6.04 Å². The zero-order valence-corrected chi connectivity index (χ0v) is 11.2. The molecule has 0 aromatic carbocycles. The van der Waals surface area contributed by atoms with E-state index in [1.54, 1.807) is 6.92 Å². The molecule has 104 valence electrons. The van der Waals surface area contributed by atoms with Crippen LogP contribution in [0.1, 0.15) is 25.8 Å². The van der Waals surface area contributed by atoms with Crippen LogP contribution in [0.25, 0.3) is 0 Å². The van der Waals surface area contributed by atoms with E-state index < -0.39 is 16.9 Å². The fourth-order valence-corrected chi connectivity index (χ4v) is 1.68. The molecule has 1 heterocycles. The van der Waals surface area contributed by atoms with Gasteiger partial charge in [0.05, 0.1) is 4.92 Å². The third-order valence-electron chi connectivity index (χ3n) is 3.01. The van der Waals surface area contributed by atoms with Crippen LogP contribution in [0.15, 0.2) is 12.3 Å². The summed E-state index contributed by atoms with van der Waals surface area (Å²) in [5.41, 5.74) is 5.84. The van der Waals surface area contributed by atoms with Gasteiger partial charge < -0.3 is 11.1 Å². The first-order chi connectivity index (χ1) is 8.86. The van der Waals surface area contributed by atoms with Gasteiger partial charge >= 0.3 is 5.69 Å². The Morgan fingerprint density at radius 1 is 1.63 bits per heavy atom. The van der Waals surface area contributed by atoms with Crippen molar-refractivity contribution in [2.24, 2.45) is 11.7 Å². The van der Waals surface area contributed by atoms with Crippen molar-refractivity contribution in [1.29, 1.82) is 0 Å². The van der Waals surface area contributed by atoms with Crippen LogP contribution in [0.5, 0.6) is 0 Å². The highest BCUT2D eigenvalue weighted by Crippen LogP contribution is 2.24. The number of aromatic nitrogens is 1. The molecule has 3 N–H and O–H groups in total. The topological polar surface area (TPSA) is 111 Å². The Hall–Kier alpha value is -2.18. The first kappa shape index (κ1) is 14.9. The second kappa shape index (κ2) is 6.12. The van der Waals surface area contributed by atoms with Crippen LogP contribution < -0.4 is 11.1 Å². The van der Waals surface area contributed by atoms with E-state index in [0.717, 1.165) is 6.42 Å². The first-order valence-electron chi connectivity index (χ1n) is 6.03. The summed E-state index contributed by atoms with van der Waals surface area (Å²) in [4.78, 5) is 25.8. The largest absolute Gasteiger partial charge is 0.368 e. The van der Waals surface area contributed by atoms with Gasteiger partial charge in [0.25, 0.3) is 0 Å². The molecule has 1 rings (SSSR count). The standard InChI is InChI=1S/C12H18N4O3/c1-4-8(3)10(11(13)17)15-12-9(16(18)19)5-7(2)6-14-12/h5-6,8,10H,4H2,1-3H3,(H2,13,17)(H,14,15). The molecule has 19 heavy (non-hydrogen) atoms. The van der Waals surface area contributed by atoms with Crippen molar-refractivity contribution < 1.29 is 9.72 Å². The predicted octanol–water partition coefficient (Wildman–Crippen LogP) is 1.61. The lowest BCUT2D eigenvalue weighted by Crippen LogP contribution is -2.40. The molecule has 1 aromatic heterocycles. The van der Waals surface area contributed by atoms with Gasteiger partial charge in [-0.05, 0) is 18.4 Å². The van der Waals surface area contributed by atoms with Gasteiger partial charge in [-0.1, -0.05) is 20.3 Å². The Kier molecular flexibility index (Phi) is 4.80. The Morgan fingerprint density at radius 3 is 2.74 bits per heavy atom. The molecule has 0 bridgehead atoms. The molecular formula is C12H18N4O3. The number of nitrogens with zero attached hydrogens (tertiary/aromatic N) is 2. The van der Waals surface area contributed by atoms with Crippen molar-refractivity contribution >= 4 is 17.4 Å². The molecule has 7 heteroatoms. The smallest absolute Gasteiger partial charge is 0.311 e. The molecule has 0 saturated heterocycles. The van der Waals surface area contributed by atoms with E-state index in [9.17, 15) is 14.9 Å². The summed E-state index contributed by atoms with van der Waals surface area (Å²) >= 11 is 0. The maximum Gasteiger partial charge on any atom is 0.311 e.